The third-order valence-corrected chi connectivity index (χ3v) is 5.39. The van der Waals surface area contributed by atoms with Gasteiger partial charge in [0.15, 0.2) is 0 Å². The van der Waals surface area contributed by atoms with Crippen molar-refractivity contribution in [1.29, 1.82) is 0 Å². The summed E-state index contributed by atoms with van der Waals surface area (Å²) in [5.41, 5.74) is 1.77. The van der Waals surface area contributed by atoms with Gasteiger partial charge in [-0.05, 0) is 37.6 Å². The van der Waals surface area contributed by atoms with Crippen LogP contribution in [0.1, 0.15) is 12.0 Å². The number of para-hydroxylation sites is 1. The van der Waals surface area contributed by atoms with Crippen LogP contribution in [0.4, 0.5) is 5.69 Å². The first-order chi connectivity index (χ1) is 11.0. The minimum atomic E-state index is -3.70. The van der Waals surface area contributed by atoms with E-state index in [1.807, 2.05) is 37.3 Å². The second-order valence-electron chi connectivity index (χ2n) is 5.60. The lowest BCUT2D eigenvalue weighted by Gasteiger charge is -2.17. The third kappa shape index (κ3) is 3.28. The van der Waals surface area contributed by atoms with Crippen molar-refractivity contribution in [1.82, 2.24) is 4.72 Å². The molecule has 1 atom stereocenters. The molecule has 0 radical (unpaired) electrons. The summed E-state index contributed by atoms with van der Waals surface area (Å²) in [5.74, 6) is -0.216. The smallest absolute Gasteiger partial charge is 0.245 e. The number of nitrogens with zero attached hydrogens (tertiary/aromatic N) is 1. The highest BCUT2D eigenvalue weighted by molar-refractivity contribution is 7.89. The first-order valence-corrected chi connectivity index (χ1v) is 8.91. The van der Waals surface area contributed by atoms with Gasteiger partial charge < -0.3 is 4.90 Å². The summed E-state index contributed by atoms with van der Waals surface area (Å²) in [6, 6.07) is 15.1. The van der Waals surface area contributed by atoms with Crippen LogP contribution in [-0.4, -0.2) is 26.9 Å². The molecule has 120 valence electrons. The number of amides is 1. The zero-order valence-corrected chi connectivity index (χ0v) is 13.6. The fourth-order valence-corrected chi connectivity index (χ4v) is 3.85. The van der Waals surface area contributed by atoms with Crippen LogP contribution in [0, 0.1) is 6.92 Å². The maximum absolute atomic E-state index is 12.5. The average molecular weight is 330 g/mol. The summed E-state index contributed by atoms with van der Waals surface area (Å²) in [7, 11) is -3.70. The molecular weight excluding hydrogens is 312 g/mol. The molecule has 1 amide bonds. The molecule has 2 aromatic carbocycles. The zero-order valence-electron chi connectivity index (χ0n) is 12.8. The van der Waals surface area contributed by atoms with E-state index in [9.17, 15) is 13.2 Å². The summed E-state index contributed by atoms with van der Waals surface area (Å²) in [6.45, 7) is 2.39. The van der Waals surface area contributed by atoms with E-state index in [0.717, 1.165) is 11.3 Å². The Bertz CT molecular complexity index is 801. The van der Waals surface area contributed by atoms with E-state index < -0.39 is 16.1 Å². The van der Waals surface area contributed by atoms with E-state index in [0.29, 0.717) is 13.0 Å². The number of benzene rings is 2. The first-order valence-electron chi connectivity index (χ1n) is 7.43. The summed E-state index contributed by atoms with van der Waals surface area (Å²) >= 11 is 0. The minimum Gasteiger partial charge on any atom is -0.311 e. The molecule has 1 fully saturated rings. The molecular formula is C17H18N2O3S. The van der Waals surface area contributed by atoms with E-state index in [-0.39, 0.29) is 10.8 Å². The Kier molecular flexibility index (Phi) is 4.19. The average Bonchev–Trinajstić information content (AvgIpc) is 2.89. The van der Waals surface area contributed by atoms with Gasteiger partial charge in [0.05, 0.1) is 4.90 Å². The fourth-order valence-electron chi connectivity index (χ4n) is 2.63. The molecule has 3 rings (SSSR count). The summed E-state index contributed by atoms with van der Waals surface area (Å²) < 4.78 is 27.3. The van der Waals surface area contributed by atoms with Gasteiger partial charge >= 0.3 is 0 Å². The molecule has 0 saturated carbocycles. The van der Waals surface area contributed by atoms with Crippen molar-refractivity contribution in [2.75, 3.05) is 11.4 Å². The predicted octanol–water partition coefficient (Wildman–Crippen LogP) is 2.08. The fraction of sp³-hybridized carbons (Fsp3) is 0.235. The van der Waals surface area contributed by atoms with Crippen LogP contribution in [-0.2, 0) is 14.8 Å². The Morgan fingerprint density at radius 1 is 1.04 bits per heavy atom. The van der Waals surface area contributed by atoms with Crippen LogP contribution in [0.2, 0.25) is 0 Å². The second kappa shape index (κ2) is 6.14. The minimum absolute atomic E-state index is 0.175. The predicted molar refractivity (Wildman–Crippen MR) is 88.7 cm³/mol. The molecule has 0 unspecified atom stereocenters. The molecule has 23 heavy (non-hydrogen) atoms. The highest BCUT2D eigenvalue weighted by Gasteiger charge is 2.35. The summed E-state index contributed by atoms with van der Waals surface area (Å²) in [4.78, 5) is 14.3. The van der Waals surface area contributed by atoms with Gasteiger partial charge in [-0.2, -0.15) is 4.72 Å². The molecule has 6 heteroatoms. The standard InChI is InChI=1S/C17H18N2O3S/c1-13-7-9-15(10-8-13)23(21,22)18-16-11-12-19(17(16)20)14-5-3-2-4-6-14/h2-10,16,18H,11-12H2,1H3/t16-/m0/s1. The number of carbonyl (C=O) groups is 1. The monoisotopic (exact) mass is 330 g/mol. The Hall–Kier alpha value is -2.18. The Labute approximate surface area is 136 Å². The van der Waals surface area contributed by atoms with Crippen LogP contribution in [0.15, 0.2) is 59.5 Å². The van der Waals surface area contributed by atoms with Gasteiger partial charge in [-0.15, -0.1) is 0 Å². The topological polar surface area (TPSA) is 66.5 Å². The van der Waals surface area contributed by atoms with E-state index in [1.54, 1.807) is 29.2 Å². The van der Waals surface area contributed by atoms with Gasteiger partial charge in [0.1, 0.15) is 6.04 Å². The van der Waals surface area contributed by atoms with Crippen molar-refractivity contribution < 1.29 is 13.2 Å². The number of sulfonamides is 1. The van der Waals surface area contributed by atoms with Crippen LogP contribution < -0.4 is 9.62 Å². The lowest BCUT2D eigenvalue weighted by molar-refractivity contribution is -0.118. The van der Waals surface area contributed by atoms with Crippen molar-refractivity contribution in [3.05, 3.63) is 60.2 Å². The Morgan fingerprint density at radius 3 is 2.35 bits per heavy atom. The Balaban J connectivity index is 1.76. The van der Waals surface area contributed by atoms with E-state index in [4.69, 9.17) is 0 Å². The Morgan fingerprint density at radius 2 is 1.70 bits per heavy atom. The molecule has 1 saturated heterocycles. The van der Waals surface area contributed by atoms with Gasteiger partial charge in [-0.3, -0.25) is 4.79 Å². The zero-order chi connectivity index (χ0) is 16.4. The largest absolute Gasteiger partial charge is 0.311 e. The highest BCUT2D eigenvalue weighted by atomic mass is 32.2. The lowest BCUT2D eigenvalue weighted by Crippen LogP contribution is -2.41. The SMILES string of the molecule is Cc1ccc(S(=O)(=O)N[C@H]2CCN(c3ccccc3)C2=O)cc1. The van der Waals surface area contributed by atoms with Crippen molar-refractivity contribution >= 4 is 21.6 Å². The van der Waals surface area contributed by atoms with Gasteiger partial charge in [0, 0.05) is 12.2 Å². The van der Waals surface area contributed by atoms with E-state index >= 15 is 0 Å². The van der Waals surface area contributed by atoms with Crippen molar-refractivity contribution in [3.63, 3.8) is 0 Å². The van der Waals surface area contributed by atoms with Crippen LogP contribution in [0.25, 0.3) is 0 Å². The molecule has 1 aliphatic heterocycles. The molecule has 1 heterocycles. The van der Waals surface area contributed by atoms with Crippen LogP contribution >= 0.6 is 0 Å². The van der Waals surface area contributed by atoms with Gasteiger partial charge in [-0.1, -0.05) is 35.9 Å². The van der Waals surface area contributed by atoms with E-state index in [2.05, 4.69) is 4.72 Å². The summed E-state index contributed by atoms with van der Waals surface area (Å²) in [5, 5.41) is 0. The lowest BCUT2D eigenvalue weighted by atomic mass is 10.2. The molecule has 0 bridgehead atoms. The number of rotatable bonds is 4. The quantitative estimate of drug-likeness (QED) is 0.933. The first kappa shape index (κ1) is 15.7. The molecule has 5 nitrogen and oxygen atoms in total. The number of hydrogen-bond donors (Lipinski definition) is 1. The molecule has 0 aromatic heterocycles. The molecule has 1 aliphatic rings. The molecule has 0 spiro atoms. The van der Waals surface area contributed by atoms with Crippen molar-refractivity contribution in [2.24, 2.45) is 0 Å². The highest BCUT2D eigenvalue weighted by Crippen LogP contribution is 2.22. The van der Waals surface area contributed by atoms with Crippen LogP contribution in [0.5, 0.6) is 0 Å². The van der Waals surface area contributed by atoms with Gasteiger partial charge in [0.2, 0.25) is 15.9 Å². The summed E-state index contributed by atoms with van der Waals surface area (Å²) in [6.07, 6.45) is 0.457. The maximum Gasteiger partial charge on any atom is 0.245 e. The van der Waals surface area contributed by atoms with Gasteiger partial charge in [-0.25, -0.2) is 8.42 Å². The number of hydrogen-bond acceptors (Lipinski definition) is 3. The number of carbonyl (C=O) groups excluding carboxylic acids is 1. The van der Waals surface area contributed by atoms with E-state index in [1.165, 1.54) is 0 Å². The third-order valence-electron chi connectivity index (χ3n) is 3.90. The van der Waals surface area contributed by atoms with Crippen molar-refractivity contribution in [2.45, 2.75) is 24.3 Å². The second-order valence-corrected chi connectivity index (χ2v) is 7.32. The van der Waals surface area contributed by atoms with Crippen molar-refractivity contribution in [3.8, 4) is 0 Å². The number of nitrogens with one attached hydrogen (secondary N) is 1. The van der Waals surface area contributed by atoms with Gasteiger partial charge in [0.25, 0.3) is 0 Å². The number of aryl methyl sites for hydroxylation is 1. The maximum atomic E-state index is 12.5. The van der Waals surface area contributed by atoms with Crippen LogP contribution in [0.3, 0.4) is 0 Å². The molecule has 2 aromatic rings. The normalized spacial score (nSPS) is 18.4. The molecule has 1 N–H and O–H groups in total. The number of anilines is 1. The molecule has 0 aliphatic carbocycles.